The Hall–Kier alpha value is -1.49. The molecule has 2 N–H and O–H groups in total. The molecule has 2 rings (SSSR count). The molecule has 90 valence electrons. The van der Waals surface area contributed by atoms with E-state index in [1.54, 1.807) is 0 Å². The molecule has 1 aliphatic rings. The van der Waals surface area contributed by atoms with Crippen molar-refractivity contribution < 1.29 is 4.79 Å². The lowest BCUT2D eigenvalue weighted by atomic mass is 10.2. The number of aldehydes is 1. The van der Waals surface area contributed by atoms with Crippen LogP contribution < -0.4 is 10.7 Å². The van der Waals surface area contributed by atoms with Gasteiger partial charge in [0.05, 0.1) is 0 Å². The van der Waals surface area contributed by atoms with E-state index in [1.165, 1.54) is 5.56 Å². The molecule has 0 spiro atoms. The van der Waals surface area contributed by atoms with Crippen molar-refractivity contribution in [3.63, 3.8) is 0 Å². The van der Waals surface area contributed by atoms with Crippen LogP contribution in [-0.4, -0.2) is 24.0 Å². The normalized spacial score (nSPS) is 18.1. The molecule has 0 aliphatic carbocycles. The van der Waals surface area contributed by atoms with Crippen LogP contribution in [0.5, 0.6) is 0 Å². The number of benzene rings is 1. The summed E-state index contributed by atoms with van der Waals surface area (Å²) in [4.78, 5) is 10.5. The van der Waals surface area contributed by atoms with E-state index in [9.17, 15) is 4.79 Å². The first kappa shape index (κ1) is 12.0. The SMILES string of the molecule is O=CC1NN=C(CCSCc2ccccc2)N1. The van der Waals surface area contributed by atoms with Crippen molar-refractivity contribution in [2.24, 2.45) is 5.10 Å². The Bertz CT molecular complexity index is 394. The minimum Gasteiger partial charge on any atom is -0.345 e. The Morgan fingerprint density at radius 1 is 1.35 bits per heavy atom. The van der Waals surface area contributed by atoms with E-state index in [2.05, 4.69) is 40.1 Å². The number of nitrogens with one attached hydrogen (secondary N) is 2. The molecule has 0 bridgehead atoms. The van der Waals surface area contributed by atoms with Crippen molar-refractivity contribution in [3.05, 3.63) is 35.9 Å². The first-order valence-electron chi connectivity index (χ1n) is 5.54. The Morgan fingerprint density at radius 2 is 2.18 bits per heavy atom. The van der Waals surface area contributed by atoms with Crippen LogP contribution >= 0.6 is 11.8 Å². The molecule has 0 amide bonds. The maximum atomic E-state index is 10.5. The Morgan fingerprint density at radius 3 is 2.88 bits per heavy atom. The molecule has 0 saturated carbocycles. The Balaban J connectivity index is 1.63. The quantitative estimate of drug-likeness (QED) is 0.590. The van der Waals surface area contributed by atoms with Gasteiger partial charge in [-0.15, -0.1) is 0 Å². The summed E-state index contributed by atoms with van der Waals surface area (Å²) in [6.45, 7) is 0. The average Bonchev–Trinajstić information content (AvgIpc) is 2.84. The fourth-order valence-electron chi connectivity index (χ4n) is 1.52. The van der Waals surface area contributed by atoms with E-state index in [1.807, 2.05) is 17.8 Å². The van der Waals surface area contributed by atoms with Crippen LogP contribution in [0.3, 0.4) is 0 Å². The average molecular weight is 249 g/mol. The second-order valence-corrected chi connectivity index (χ2v) is 4.84. The van der Waals surface area contributed by atoms with Gasteiger partial charge in [0.1, 0.15) is 5.84 Å². The second kappa shape index (κ2) is 6.30. The fourth-order valence-corrected chi connectivity index (χ4v) is 2.43. The molecule has 1 aliphatic heterocycles. The molecule has 5 heteroatoms. The van der Waals surface area contributed by atoms with Crippen molar-refractivity contribution in [2.45, 2.75) is 18.3 Å². The molecule has 0 fully saturated rings. The summed E-state index contributed by atoms with van der Waals surface area (Å²) in [6, 6.07) is 10.4. The first-order valence-corrected chi connectivity index (χ1v) is 6.69. The molecule has 1 unspecified atom stereocenters. The molecular weight excluding hydrogens is 234 g/mol. The Labute approximate surface area is 105 Å². The summed E-state index contributed by atoms with van der Waals surface area (Å²) >= 11 is 1.87. The smallest absolute Gasteiger partial charge is 0.170 e. The van der Waals surface area contributed by atoms with Gasteiger partial charge in [0.2, 0.25) is 0 Å². The molecule has 0 saturated heterocycles. The minimum atomic E-state index is -0.343. The maximum Gasteiger partial charge on any atom is 0.170 e. The van der Waals surface area contributed by atoms with Crippen molar-refractivity contribution >= 4 is 23.9 Å². The van der Waals surface area contributed by atoms with Crippen LogP contribution in [0.15, 0.2) is 35.4 Å². The number of hydrazone groups is 1. The topological polar surface area (TPSA) is 53.5 Å². The number of thioether (sulfide) groups is 1. The number of hydrogen-bond donors (Lipinski definition) is 2. The molecule has 17 heavy (non-hydrogen) atoms. The van der Waals surface area contributed by atoms with Crippen LogP contribution in [0.2, 0.25) is 0 Å². The third-order valence-electron chi connectivity index (χ3n) is 2.39. The van der Waals surface area contributed by atoms with E-state index in [4.69, 9.17) is 0 Å². The summed E-state index contributed by atoms with van der Waals surface area (Å²) in [5.74, 6) is 2.87. The standard InChI is InChI=1S/C12H15N3OS/c16-8-12-13-11(14-15-12)6-7-17-9-10-4-2-1-3-5-10/h1-5,8,12,15H,6-7,9H2,(H,13,14). The lowest BCUT2D eigenvalue weighted by molar-refractivity contribution is -0.109. The van der Waals surface area contributed by atoms with Gasteiger partial charge in [0.15, 0.2) is 12.5 Å². The number of amidine groups is 1. The lowest BCUT2D eigenvalue weighted by Gasteiger charge is -2.04. The van der Waals surface area contributed by atoms with Gasteiger partial charge in [-0.1, -0.05) is 30.3 Å². The van der Waals surface area contributed by atoms with Crippen molar-refractivity contribution in [3.8, 4) is 0 Å². The van der Waals surface area contributed by atoms with E-state index in [0.29, 0.717) is 0 Å². The van der Waals surface area contributed by atoms with Crippen molar-refractivity contribution in [1.29, 1.82) is 0 Å². The highest BCUT2D eigenvalue weighted by atomic mass is 32.2. The summed E-state index contributed by atoms with van der Waals surface area (Å²) in [5, 5.41) is 7.04. The number of carbonyl (C=O) groups is 1. The zero-order valence-electron chi connectivity index (χ0n) is 9.43. The molecular formula is C12H15N3OS. The number of hydrogen-bond acceptors (Lipinski definition) is 5. The fraction of sp³-hybridized carbons (Fsp3) is 0.333. The van der Waals surface area contributed by atoms with E-state index >= 15 is 0 Å². The molecule has 1 aromatic carbocycles. The van der Waals surface area contributed by atoms with Gasteiger partial charge < -0.3 is 5.32 Å². The van der Waals surface area contributed by atoms with Crippen LogP contribution in [0.25, 0.3) is 0 Å². The summed E-state index contributed by atoms with van der Waals surface area (Å²) in [7, 11) is 0. The number of carbonyl (C=O) groups excluding carboxylic acids is 1. The third-order valence-corrected chi connectivity index (χ3v) is 3.42. The van der Waals surface area contributed by atoms with Crippen LogP contribution in [0.4, 0.5) is 0 Å². The highest BCUT2D eigenvalue weighted by Crippen LogP contribution is 2.12. The first-order chi connectivity index (χ1) is 8.38. The van der Waals surface area contributed by atoms with E-state index in [-0.39, 0.29) is 6.17 Å². The van der Waals surface area contributed by atoms with Crippen molar-refractivity contribution in [1.82, 2.24) is 10.7 Å². The minimum absolute atomic E-state index is 0.343. The molecule has 0 radical (unpaired) electrons. The summed E-state index contributed by atoms with van der Waals surface area (Å²) in [5.41, 5.74) is 4.05. The van der Waals surface area contributed by atoms with Gasteiger partial charge in [-0.25, -0.2) is 0 Å². The number of rotatable bonds is 6. The molecule has 1 aromatic rings. The summed E-state index contributed by atoms with van der Waals surface area (Å²) < 4.78 is 0. The van der Waals surface area contributed by atoms with E-state index < -0.39 is 0 Å². The van der Waals surface area contributed by atoms with Gasteiger partial charge in [-0.3, -0.25) is 10.2 Å². The van der Waals surface area contributed by atoms with Crippen LogP contribution in [0, 0.1) is 0 Å². The number of nitrogens with zero attached hydrogens (tertiary/aromatic N) is 1. The zero-order valence-corrected chi connectivity index (χ0v) is 10.2. The third kappa shape index (κ3) is 3.78. The monoisotopic (exact) mass is 249 g/mol. The zero-order chi connectivity index (χ0) is 11.9. The molecule has 0 aromatic heterocycles. The highest BCUT2D eigenvalue weighted by molar-refractivity contribution is 7.98. The van der Waals surface area contributed by atoms with Crippen molar-refractivity contribution in [2.75, 3.05) is 5.75 Å². The Kier molecular flexibility index (Phi) is 4.44. The van der Waals surface area contributed by atoms with Gasteiger partial charge in [0, 0.05) is 17.9 Å². The van der Waals surface area contributed by atoms with Gasteiger partial charge >= 0.3 is 0 Å². The highest BCUT2D eigenvalue weighted by Gasteiger charge is 2.14. The van der Waals surface area contributed by atoms with Gasteiger partial charge in [-0.2, -0.15) is 16.9 Å². The van der Waals surface area contributed by atoms with Gasteiger partial charge in [-0.05, 0) is 5.56 Å². The second-order valence-electron chi connectivity index (χ2n) is 3.73. The maximum absolute atomic E-state index is 10.5. The predicted octanol–water partition coefficient (Wildman–Crippen LogP) is 1.34. The molecule has 1 heterocycles. The van der Waals surface area contributed by atoms with E-state index in [0.717, 1.165) is 30.0 Å². The largest absolute Gasteiger partial charge is 0.345 e. The molecule has 4 nitrogen and oxygen atoms in total. The summed E-state index contributed by atoms with van der Waals surface area (Å²) in [6.07, 6.45) is 1.33. The lowest BCUT2D eigenvalue weighted by Crippen LogP contribution is -2.36. The molecule has 1 atom stereocenters. The van der Waals surface area contributed by atoms with Crippen LogP contribution in [-0.2, 0) is 10.5 Å². The van der Waals surface area contributed by atoms with Gasteiger partial charge in [0.25, 0.3) is 0 Å². The predicted molar refractivity (Wildman–Crippen MR) is 70.8 cm³/mol. The van der Waals surface area contributed by atoms with Crippen LogP contribution in [0.1, 0.15) is 12.0 Å².